The second kappa shape index (κ2) is 4.54. The van der Waals surface area contributed by atoms with Crippen molar-refractivity contribution >= 4 is 6.08 Å². The molecule has 0 spiro atoms. The molecule has 2 heteroatoms. The molecule has 0 unspecified atom stereocenters. The molecule has 1 aromatic heterocycles. The number of imidazole rings is 1. The third kappa shape index (κ3) is 2.38. The third-order valence-corrected chi connectivity index (χ3v) is 1.60. The summed E-state index contributed by atoms with van der Waals surface area (Å²) in [6.45, 7) is 2.12. The lowest BCUT2D eigenvalue weighted by Gasteiger charge is -1.91. The van der Waals surface area contributed by atoms with Crippen molar-refractivity contribution in [3.8, 4) is 0 Å². The Hall–Kier alpha value is -1.31. The van der Waals surface area contributed by atoms with Gasteiger partial charge >= 0.3 is 0 Å². The van der Waals surface area contributed by atoms with E-state index >= 15 is 0 Å². The lowest BCUT2D eigenvalue weighted by Crippen LogP contribution is -1.86. The Morgan fingerprint density at radius 3 is 2.92 bits per heavy atom. The van der Waals surface area contributed by atoms with Crippen molar-refractivity contribution in [1.82, 2.24) is 9.55 Å². The van der Waals surface area contributed by atoms with Crippen LogP contribution in [0.3, 0.4) is 0 Å². The fourth-order valence-electron chi connectivity index (χ4n) is 0.897. The van der Waals surface area contributed by atoms with Crippen molar-refractivity contribution < 1.29 is 0 Å². The topological polar surface area (TPSA) is 17.8 Å². The smallest absolute Gasteiger partial charge is 0.0948 e. The fraction of sp³-hybridized carbons (Fsp3) is 0.300. The van der Waals surface area contributed by atoms with Crippen LogP contribution in [-0.4, -0.2) is 9.55 Å². The van der Waals surface area contributed by atoms with E-state index in [0.717, 1.165) is 12.1 Å². The second-order valence-electron chi connectivity index (χ2n) is 2.62. The van der Waals surface area contributed by atoms with Crippen molar-refractivity contribution in [2.45, 2.75) is 13.3 Å². The Bertz CT molecular complexity index is 282. The predicted molar refractivity (Wildman–Crippen MR) is 51.7 cm³/mol. The van der Waals surface area contributed by atoms with E-state index in [-0.39, 0.29) is 0 Å². The highest BCUT2D eigenvalue weighted by atomic mass is 15.0. The summed E-state index contributed by atoms with van der Waals surface area (Å²) in [6.07, 6.45) is 13.0. The number of hydrogen-bond donors (Lipinski definition) is 0. The number of rotatable bonds is 3. The molecule has 0 saturated heterocycles. The van der Waals surface area contributed by atoms with Gasteiger partial charge in [0.05, 0.1) is 18.2 Å². The van der Waals surface area contributed by atoms with Gasteiger partial charge in [-0.25, -0.2) is 4.98 Å². The van der Waals surface area contributed by atoms with Gasteiger partial charge in [0.1, 0.15) is 0 Å². The van der Waals surface area contributed by atoms with Crippen LogP contribution in [0, 0.1) is 0 Å². The van der Waals surface area contributed by atoms with Gasteiger partial charge in [-0.2, -0.15) is 0 Å². The van der Waals surface area contributed by atoms with Crippen LogP contribution in [0.4, 0.5) is 0 Å². The summed E-state index contributed by atoms with van der Waals surface area (Å²) >= 11 is 0. The van der Waals surface area contributed by atoms with Gasteiger partial charge in [-0.15, -0.1) is 0 Å². The summed E-state index contributed by atoms with van der Waals surface area (Å²) in [6, 6.07) is 0. The average molecular weight is 162 g/mol. The number of aromatic nitrogens is 2. The Morgan fingerprint density at radius 1 is 1.50 bits per heavy atom. The summed E-state index contributed by atoms with van der Waals surface area (Å²) in [5.74, 6) is 0. The zero-order valence-corrected chi connectivity index (χ0v) is 7.57. The Kier molecular flexibility index (Phi) is 3.33. The predicted octanol–water partition coefficient (Wildman–Crippen LogP) is 2.40. The minimum Gasteiger partial charge on any atom is -0.334 e. The molecule has 1 rings (SSSR count). The molecule has 0 aliphatic carbocycles. The van der Waals surface area contributed by atoms with Crippen LogP contribution in [0.5, 0.6) is 0 Å². The lowest BCUT2D eigenvalue weighted by atomic mass is 10.3. The zero-order chi connectivity index (χ0) is 8.81. The lowest BCUT2D eigenvalue weighted by molar-refractivity contribution is 0.902. The minimum atomic E-state index is 1.08. The molecule has 12 heavy (non-hydrogen) atoms. The molecule has 0 atom stereocenters. The van der Waals surface area contributed by atoms with Crippen molar-refractivity contribution in [3.63, 3.8) is 0 Å². The Morgan fingerprint density at radius 2 is 2.33 bits per heavy atom. The van der Waals surface area contributed by atoms with Gasteiger partial charge in [0.25, 0.3) is 0 Å². The van der Waals surface area contributed by atoms with Gasteiger partial charge in [-0.3, -0.25) is 0 Å². The molecular weight excluding hydrogens is 148 g/mol. The van der Waals surface area contributed by atoms with E-state index in [9.17, 15) is 0 Å². The van der Waals surface area contributed by atoms with Crippen LogP contribution in [0.2, 0.25) is 0 Å². The van der Waals surface area contributed by atoms with Gasteiger partial charge < -0.3 is 4.57 Å². The molecule has 0 radical (unpaired) electrons. The number of nitrogens with zero attached hydrogens (tertiary/aromatic N) is 2. The second-order valence-corrected chi connectivity index (χ2v) is 2.62. The Balaban J connectivity index is 2.57. The quantitative estimate of drug-likeness (QED) is 0.624. The van der Waals surface area contributed by atoms with Gasteiger partial charge in [-0.1, -0.05) is 25.2 Å². The van der Waals surface area contributed by atoms with Crippen LogP contribution >= 0.6 is 0 Å². The summed E-state index contributed by atoms with van der Waals surface area (Å²) < 4.78 is 1.98. The summed E-state index contributed by atoms with van der Waals surface area (Å²) in [7, 11) is 1.98. The molecule has 0 fully saturated rings. The molecule has 2 nitrogen and oxygen atoms in total. The van der Waals surface area contributed by atoms with E-state index in [1.165, 1.54) is 0 Å². The standard InChI is InChI=1S/C10H14N2/c1-3-4-5-6-7-10-8-11-9-12(10)2/h4-9H,3H2,1-2H3/b5-4-,7-6-. The highest BCUT2D eigenvalue weighted by Crippen LogP contribution is 1.98. The maximum Gasteiger partial charge on any atom is 0.0948 e. The molecule has 0 N–H and O–H groups in total. The van der Waals surface area contributed by atoms with E-state index in [4.69, 9.17) is 0 Å². The fourth-order valence-corrected chi connectivity index (χ4v) is 0.897. The molecule has 0 aliphatic heterocycles. The van der Waals surface area contributed by atoms with E-state index in [1.807, 2.05) is 36.0 Å². The number of allylic oxidation sites excluding steroid dienone is 3. The molecule has 0 aromatic carbocycles. The third-order valence-electron chi connectivity index (χ3n) is 1.60. The van der Waals surface area contributed by atoms with Gasteiger partial charge in [-0.05, 0) is 12.5 Å². The molecular formula is C10H14N2. The van der Waals surface area contributed by atoms with Crippen molar-refractivity contribution in [2.24, 2.45) is 7.05 Å². The van der Waals surface area contributed by atoms with Crippen LogP contribution in [0.1, 0.15) is 19.0 Å². The van der Waals surface area contributed by atoms with Gasteiger partial charge in [0.2, 0.25) is 0 Å². The first-order chi connectivity index (χ1) is 5.84. The van der Waals surface area contributed by atoms with Crippen molar-refractivity contribution in [3.05, 3.63) is 36.4 Å². The highest BCUT2D eigenvalue weighted by molar-refractivity contribution is 5.46. The molecule has 1 heterocycles. The molecule has 0 amide bonds. The zero-order valence-electron chi connectivity index (χ0n) is 7.57. The first kappa shape index (κ1) is 8.78. The summed E-state index contributed by atoms with van der Waals surface area (Å²) in [5, 5.41) is 0. The molecule has 0 aliphatic rings. The van der Waals surface area contributed by atoms with Gasteiger partial charge in [0, 0.05) is 7.05 Å². The minimum absolute atomic E-state index is 1.08. The van der Waals surface area contributed by atoms with Gasteiger partial charge in [0.15, 0.2) is 0 Å². The van der Waals surface area contributed by atoms with Crippen molar-refractivity contribution in [1.29, 1.82) is 0 Å². The van der Waals surface area contributed by atoms with Crippen LogP contribution in [0.25, 0.3) is 6.08 Å². The highest BCUT2D eigenvalue weighted by Gasteiger charge is 1.88. The average Bonchev–Trinajstić information content (AvgIpc) is 2.46. The van der Waals surface area contributed by atoms with E-state index in [0.29, 0.717) is 0 Å². The maximum atomic E-state index is 4.01. The molecule has 0 bridgehead atoms. The number of hydrogen-bond acceptors (Lipinski definition) is 1. The summed E-state index contributed by atoms with van der Waals surface area (Å²) in [4.78, 5) is 4.01. The maximum absolute atomic E-state index is 4.01. The Labute approximate surface area is 73.2 Å². The first-order valence-corrected chi connectivity index (χ1v) is 4.14. The summed E-state index contributed by atoms with van der Waals surface area (Å²) in [5.41, 5.74) is 1.12. The van der Waals surface area contributed by atoms with E-state index in [1.54, 1.807) is 6.33 Å². The van der Waals surface area contributed by atoms with Crippen molar-refractivity contribution in [2.75, 3.05) is 0 Å². The largest absolute Gasteiger partial charge is 0.334 e. The van der Waals surface area contributed by atoms with Crippen LogP contribution in [-0.2, 0) is 7.05 Å². The first-order valence-electron chi connectivity index (χ1n) is 4.14. The SMILES string of the molecule is CC/C=C\C=C/c1cncn1C. The van der Waals surface area contributed by atoms with E-state index in [2.05, 4.69) is 18.0 Å². The van der Waals surface area contributed by atoms with Crippen LogP contribution < -0.4 is 0 Å². The molecule has 64 valence electrons. The molecule has 0 saturated carbocycles. The monoisotopic (exact) mass is 162 g/mol. The molecule has 1 aromatic rings. The van der Waals surface area contributed by atoms with Crippen LogP contribution in [0.15, 0.2) is 30.8 Å². The van der Waals surface area contributed by atoms with E-state index < -0.39 is 0 Å². The normalized spacial score (nSPS) is 11.8. The number of aryl methyl sites for hydroxylation is 1.